The SMILES string of the molecule is Cc1sc2ncn(CC(=O)N[C@@H]3CCC[C@H](C)[C@H]3C)c(=O)c2c1C. The normalized spacial score (nSPS) is 24.2. The Morgan fingerprint density at radius 1 is 1.38 bits per heavy atom. The maximum atomic E-state index is 12.7. The molecule has 0 spiro atoms. The predicted molar refractivity (Wildman–Crippen MR) is 97.5 cm³/mol. The Morgan fingerprint density at radius 3 is 2.88 bits per heavy atom. The lowest BCUT2D eigenvalue weighted by Gasteiger charge is -2.34. The molecule has 5 nitrogen and oxygen atoms in total. The second kappa shape index (κ2) is 6.67. The van der Waals surface area contributed by atoms with E-state index in [0.29, 0.717) is 17.2 Å². The Kier molecular flexibility index (Phi) is 4.76. The van der Waals surface area contributed by atoms with Crippen molar-refractivity contribution in [2.24, 2.45) is 11.8 Å². The number of amides is 1. The summed E-state index contributed by atoms with van der Waals surface area (Å²) in [6.07, 6.45) is 4.89. The molecule has 0 unspecified atom stereocenters. The highest BCUT2D eigenvalue weighted by Gasteiger charge is 2.28. The van der Waals surface area contributed by atoms with Gasteiger partial charge in [0.05, 0.1) is 11.7 Å². The fraction of sp³-hybridized carbons (Fsp3) is 0.611. The number of thiophene rings is 1. The summed E-state index contributed by atoms with van der Waals surface area (Å²) in [7, 11) is 0. The van der Waals surface area contributed by atoms with Gasteiger partial charge in [0, 0.05) is 10.9 Å². The van der Waals surface area contributed by atoms with Crippen LogP contribution in [0.3, 0.4) is 0 Å². The maximum Gasteiger partial charge on any atom is 0.262 e. The van der Waals surface area contributed by atoms with Gasteiger partial charge in [0.15, 0.2) is 0 Å². The zero-order valence-corrected chi connectivity index (χ0v) is 15.6. The summed E-state index contributed by atoms with van der Waals surface area (Å²) in [6.45, 7) is 8.41. The molecule has 0 saturated heterocycles. The summed E-state index contributed by atoms with van der Waals surface area (Å²) in [5, 5.41) is 3.76. The number of hydrogen-bond donors (Lipinski definition) is 1. The zero-order chi connectivity index (χ0) is 17.4. The molecule has 1 N–H and O–H groups in total. The highest BCUT2D eigenvalue weighted by atomic mass is 32.1. The first-order valence-electron chi connectivity index (χ1n) is 8.63. The third-order valence-corrected chi connectivity index (χ3v) is 6.64. The molecule has 1 saturated carbocycles. The first kappa shape index (κ1) is 17.1. The molecular weight excluding hydrogens is 322 g/mol. The van der Waals surface area contributed by atoms with Gasteiger partial charge in [-0.05, 0) is 37.7 Å². The number of carbonyl (C=O) groups excluding carboxylic acids is 1. The van der Waals surface area contributed by atoms with E-state index in [2.05, 4.69) is 24.1 Å². The van der Waals surface area contributed by atoms with E-state index >= 15 is 0 Å². The van der Waals surface area contributed by atoms with E-state index in [1.807, 2.05) is 13.8 Å². The minimum absolute atomic E-state index is 0.0354. The van der Waals surface area contributed by atoms with Crippen molar-refractivity contribution in [2.45, 2.75) is 59.5 Å². The van der Waals surface area contributed by atoms with Crippen molar-refractivity contribution in [3.8, 4) is 0 Å². The number of nitrogens with zero attached hydrogens (tertiary/aromatic N) is 2. The number of rotatable bonds is 3. The summed E-state index contributed by atoms with van der Waals surface area (Å²) < 4.78 is 1.42. The van der Waals surface area contributed by atoms with Crippen molar-refractivity contribution >= 4 is 27.5 Å². The van der Waals surface area contributed by atoms with Crippen molar-refractivity contribution in [2.75, 3.05) is 0 Å². The van der Waals surface area contributed by atoms with E-state index in [1.165, 1.54) is 28.7 Å². The monoisotopic (exact) mass is 347 g/mol. The van der Waals surface area contributed by atoms with E-state index in [9.17, 15) is 9.59 Å². The quantitative estimate of drug-likeness (QED) is 0.928. The highest BCUT2D eigenvalue weighted by molar-refractivity contribution is 7.18. The van der Waals surface area contributed by atoms with Crippen LogP contribution in [-0.4, -0.2) is 21.5 Å². The first-order chi connectivity index (χ1) is 11.4. The van der Waals surface area contributed by atoms with Gasteiger partial charge >= 0.3 is 0 Å². The first-order valence-corrected chi connectivity index (χ1v) is 9.44. The molecule has 3 atom stereocenters. The van der Waals surface area contributed by atoms with Crippen LogP contribution in [0.5, 0.6) is 0 Å². The number of aryl methyl sites for hydroxylation is 2. The van der Waals surface area contributed by atoms with Gasteiger partial charge < -0.3 is 5.32 Å². The summed E-state index contributed by atoms with van der Waals surface area (Å²) >= 11 is 1.52. The Bertz CT molecular complexity index is 824. The second-order valence-corrected chi connectivity index (χ2v) is 8.29. The van der Waals surface area contributed by atoms with Crippen LogP contribution in [0.15, 0.2) is 11.1 Å². The summed E-state index contributed by atoms with van der Waals surface area (Å²) in [6, 6.07) is 0.207. The average Bonchev–Trinajstić information content (AvgIpc) is 2.82. The average molecular weight is 347 g/mol. The predicted octanol–water partition coefficient (Wildman–Crippen LogP) is 3.02. The molecule has 130 valence electrons. The van der Waals surface area contributed by atoms with Gasteiger partial charge in [-0.1, -0.05) is 26.7 Å². The lowest BCUT2D eigenvalue weighted by Crippen LogP contribution is -2.45. The lowest BCUT2D eigenvalue weighted by atomic mass is 9.78. The number of nitrogens with one attached hydrogen (secondary N) is 1. The Labute approximate surface area is 146 Å². The number of fused-ring (bicyclic) bond motifs is 1. The number of hydrogen-bond acceptors (Lipinski definition) is 4. The molecule has 24 heavy (non-hydrogen) atoms. The van der Waals surface area contributed by atoms with Crippen molar-refractivity contribution in [1.29, 1.82) is 0 Å². The molecule has 3 rings (SSSR count). The van der Waals surface area contributed by atoms with Gasteiger partial charge in [-0.2, -0.15) is 0 Å². The van der Waals surface area contributed by atoms with Gasteiger partial charge in [0.1, 0.15) is 11.4 Å². The van der Waals surface area contributed by atoms with Crippen LogP contribution in [0, 0.1) is 25.7 Å². The van der Waals surface area contributed by atoms with E-state index < -0.39 is 0 Å². The van der Waals surface area contributed by atoms with Crippen LogP contribution in [0.25, 0.3) is 10.2 Å². The molecule has 0 aliphatic heterocycles. The third kappa shape index (κ3) is 3.11. The third-order valence-electron chi connectivity index (χ3n) is 5.52. The van der Waals surface area contributed by atoms with Gasteiger partial charge in [-0.15, -0.1) is 11.3 Å². The van der Waals surface area contributed by atoms with E-state index in [-0.39, 0.29) is 24.1 Å². The molecule has 0 radical (unpaired) electrons. The molecule has 2 aromatic rings. The highest BCUT2D eigenvalue weighted by Crippen LogP contribution is 2.29. The summed E-state index contributed by atoms with van der Waals surface area (Å²) in [5.41, 5.74) is 0.846. The van der Waals surface area contributed by atoms with Gasteiger partial charge in [0.25, 0.3) is 5.56 Å². The van der Waals surface area contributed by atoms with Crippen LogP contribution in [0.4, 0.5) is 0 Å². The van der Waals surface area contributed by atoms with Crippen molar-refractivity contribution in [3.05, 3.63) is 27.1 Å². The van der Waals surface area contributed by atoms with E-state index in [0.717, 1.165) is 28.1 Å². The van der Waals surface area contributed by atoms with Crippen LogP contribution < -0.4 is 10.9 Å². The number of aromatic nitrogens is 2. The molecule has 6 heteroatoms. The zero-order valence-electron chi connectivity index (χ0n) is 14.8. The van der Waals surface area contributed by atoms with Crippen LogP contribution in [0.2, 0.25) is 0 Å². The van der Waals surface area contributed by atoms with Crippen molar-refractivity contribution in [3.63, 3.8) is 0 Å². The summed E-state index contributed by atoms with van der Waals surface area (Å²) in [5.74, 6) is 0.997. The molecule has 1 aliphatic carbocycles. The van der Waals surface area contributed by atoms with E-state index in [4.69, 9.17) is 0 Å². The molecule has 0 aromatic carbocycles. The van der Waals surface area contributed by atoms with Crippen molar-refractivity contribution < 1.29 is 4.79 Å². The maximum absolute atomic E-state index is 12.7. The Morgan fingerprint density at radius 2 is 2.12 bits per heavy atom. The van der Waals surface area contributed by atoms with Crippen LogP contribution in [0.1, 0.15) is 43.6 Å². The Hall–Kier alpha value is -1.69. The van der Waals surface area contributed by atoms with Crippen molar-refractivity contribution in [1.82, 2.24) is 14.9 Å². The minimum atomic E-state index is -0.123. The minimum Gasteiger partial charge on any atom is -0.352 e. The van der Waals surface area contributed by atoms with Gasteiger partial charge in [-0.3, -0.25) is 14.2 Å². The molecule has 0 bridgehead atoms. The topological polar surface area (TPSA) is 64.0 Å². The largest absolute Gasteiger partial charge is 0.352 e. The number of carbonyl (C=O) groups is 1. The smallest absolute Gasteiger partial charge is 0.262 e. The van der Waals surface area contributed by atoms with Crippen LogP contribution >= 0.6 is 11.3 Å². The Balaban J connectivity index is 1.77. The van der Waals surface area contributed by atoms with E-state index in [1.54, 1.807) is 0 Å². The molecule has 1 amide bonds. The van der Waals surface area contributed by atoms with Crippen LogP contribution in [-0.2, 0) is 11.3 Å². The van der Waals surface area contributed by atoms with Gasteiger partial charge in [0.2, 0.25) is 5.91 Å². The molecule has 1 fully saturated rings. The second-order valence-electron chi connectivity index (χ2n) is 7.08. The molecule has 1 aliphatic rings. The lowest BCUT2D eigenvalue weighted by molar-refractivity contribution is -0.123. The summed E-state index contributed by atoms with van der Waals surface area (Å²) in [4.78, 5) is 31.3. The molecular formula is C18H25N3O2S. The van der Waals surface area contributed by atoms with Gasteiger partial charge in [-0.25, -0.2) is 4.98 Å². The molecule has 2 aromatic heterocycles. The fourth-order valence-corrected chi connectivity index (χ4v) is 4.56. The standard InChI is InChI=1S/C18H25N3O2S/c1-10-6-5-7-14(11(10)2)20-15(22)8-21-9-19-17-16(18(21)23)12(3)13(4)24-17/h9-11,14H,5-8H2,1-4H3,(H,20,22)/t10-,11+,14+/m0/s1. The fourth-order valence-electron chi connectivity index (χ4n) is 3.58. The molecule has 2 heterocycles.